The molecule has 7 aromatic carbocycles. The summed E-state index contributed by atoms with van der Waals surface area (Å²) in [5, 5.41) is 47.4. The van der Waals surface area contributed by atoms with Crippen molar-refractivity contribution in [2.45, 2.75) is 33.6 Å². The van der Waals surface area contributed by atoms with Crippen LogP contribution in [0, 0.1) is 6.92 Å². The number of hydrogen-bond acceptors (Lipinski definition) is 37. The molecule has 0 saturated carbocycles. The first-order valence-corrected chi connectivity index (χ1v) is 45.1. The molecular weight excluding hydrogens is 1750 g/mol. The molecule has 8 N–H and O–H groups in total. The topological polar surface area (TPSA) is 427 Å². The van der Waals surface area contributed by atoms with Crippen LogP contribution in [0.3, 0.4) is 0 Å². The molecule has 36 nitrogen and oxygen atoms in total. The quantitative estimate of drug-likeness (QED) is 0.0278. The lowest BCUT2D eigenvalue weighted by atomic mass is 10.1. The second kappa shape index (κ2) is 41.1. The maximum atomic E-state index is 11.1. The van der Waals surface area contributed by atoms with Crippen LogP contribution in [-0.2, 0) is 17.6 Å². The van der Waals surface area contributed by atoms with Crippen molar-refractivity contribution in [1.82, 2.24) is 115 Å². The Labute approximate surface area is 769 Å². The van der Waals surface area contributed by atoms with Gasteiger partial charge in [0.2, 0.25) is 35.2 Å². The van der Waals surface area contributed by atoms with Crippen LogP contribution in [0.2, 0.25) is 0 Å². The minimum Gasteiger partial charge on any atom is -0.428 e. The number of aromatic nitrogens is 22. The molecule has 0 radical (unpaired) electrons. The molecule has 1 fully saturated rings. The van der Waals surface area contributed by atoms with Gasteiger partial charge in [0.15, 0.2) is 18.0 Å². The summed E-state index contributed by atoms with van der Waals surface area (Å²) in [5.41, 5.74) is 19.4. The molecule has 0 atom stereocenters. The van der Waals surface area contributed by atoms with Crippen molar-refractivity contribution in [2.75, 3.05) is 100.0 Å². The van der Waals surface area contributed by atoms with Crippen molar-refractivity contribution >= 4 is 201 Å². The van der Waals surface area contributed by atoms with Gasteiger partial charge in [-0.05, 0) is 129 Å². The number of carbonyl (C=O) groups is 1. The first-order chi connectivity index (χ1) is 64.8. The highest BCUT2D eigenvalue weighted by atomic mass is 32.1. The standard InChI is InChI=1S/C21H21N5O.C20H22N8S2.C18H14N6O2S.C17H12N8O.C16H13N5S/c1-2-26(13-12-16-8-4-3-5-9-16)21-23-18-11-7-6-10-17(18)20(25-21)24-19-14-22-15-27-19;1-26-5-7-28(8-6-26)18-10-17(23-19-11-21-12-30-19)24-20(25-18)27(2)14-3-4-15-16(9-14)29-13-22-15;1-11(25)20-12-6-8-13(9-7-12)26-17-21-15-5-3-2-4-14(15)16(22-17)23-18-24-19-10-27-18;1-2-13-11(7-19-24-13)5-10(1)6-15-21-14-8-18-4-3-12(14)16(22-15)23-17-25-20-9-26-17;1-10-16(22-9-18-10)21-15-13-12(7-8-17-13)19-14(20-15)11-5-3-2-4-6-11/h3-11,14-15H,2,12-13H2,1H3,(H,23,24,25);3-4,9-13H,5-8H2,1-2H3,(H,23,24,25);2-10H,1H3,(H,20,25)(H,21,22,23,24);1-5,7-9H,6H2,(H,19,24)(H,21,22,23,25);2-9,17H,1H3,(H,19,20,21). The molecule has 22 rings (SSSR count). The molecule has 0 unspecified atom stereocenters. The summed E-state index contributed by atoms with van der Waals surface area (Å²) in [6, 6.07) is 61.6. The van der Waals surface area contributed by atoms with Gasteiger partial charge in [-0.25, -0.2) is 39.9 Å². The number of para-hydroxylation sites is 2. The van der Waals surface area contributed by atoms with Gasteiger partial charge in [-0.3, -0.25) is 25.2 Å². The molecule has 1 aliphatic rings. The summed E-state index contributed by atoms with van der Waals surface area (Å²) in [6.45, 7) is 11.2. The van der Waals surface area contributed by atoms with Gasteiger partial charge < -0.3 is 64.7 Å². The number of fused-ring (bicyclic) bond motifs is 6. The molecule has 1 saturated heterocycles. The van der Waals surface area contributed by atoms with E-state index in [2.05, 4.69) is 193 Å². The van der Waals surface area contributed by atoms with Gasteiger partial charge in [0.25, 0.3) is 0 Å². The van der Waals surface area contributed by atoms with Crippen molar-refractivity contribution in [3.05, 3.63) is 283 Å². The summed E-state index contributed by atoms with van der Waals surface area (Å²) < 4.78 is 17.4. The number of anilines is 15. The number of pyridine rings is 1. The monoisotopic (exact) mass is 1830 g/mol. The van der Waals surface area contributed by atoms with Crippen LogP contribution in [0.4, 0.5) is 85.2 Å². The van der Waals surface area contributed by atoms with E-state index in [-0.39, 0.29) is 17.9 Å². The predicted molar refractivity (Wildman–Crippen MR) is 519 cm³/mol. The van der Waals surface area contributed by atoms with Gasteiger partial charge in [-0.1, -0.05) is 107 Å². The van der Waals surface area contributed by atoms with E-state index in [0.29, 0.717) is 69.9 Å². The highest BCUT2D eigenvalue weighted by Gasteiger charge is 2.23. The Morgan fingerprint density at radius 1 is 0.576 bits per heavy atom. The number of likely N-dealkylation sites (N-methyl/N-ethyl adjacent to an activating group) is 2. The SMILES string of the molecule is CC(=O)Nc1ccc(Oc2nc(Nc3nncs3)c3ccccc3n2)cc1.CCN(CCc1ccccc1)c1nc(Nc2cnco2)c2ccccc2n1.CN1CCN(c2cc(Nc3cncs3)nc(N(C)c3ccc4ncsc4c3)n2)CC1.Cc1ncsc1Nc1nc(-c2ccccc2)nc2cc[nH]c12.c1cc2c(Nc3nnco3)nc(Cc3ccc4[nH]ncc4c3)nc2cn1. The van der Waals surface area contributed by atoms with Crippen molar-refractivity contribution in [2.24, 2.45) is 0 Å². The normalized spacial score (nSPS) is 11.8. The number of ether oxygens (including phenoxy) is 1. The van der Waals surface area contributed by atoms with Gasteiger partial charge >= 0.3 is 12.0 Å². The Balaban J connectivity index is 0.000000111. The smallest absolute Gasteiger partial charge is 0.324 e. The third-order valence-electron chi connectivity index (χ3n) is 20.6. The van der Waals surface area contributed by atoms with E-state index < -0.39 is 0 Å². The van der Waals surface area contributed by atoms with E-state index in [1.807, 2.05) is 169 Å². The van der Waals surface area contributed by atoms with Gasteiger partial charge in [0.05, 0.1) is 84.8 Å². The van der Waals surface area contributed by atoms with Gasteiger partial charge in [-0.15, -0.1) is 49.3 Å². The van der Waals surface area contributed by atoms with Gasteiger partial charge in [-0.2, -0.15) is 30.0 Å². The first kappa shape index (κ1) is 86.3. The highest BCUT2D eigenvalue weighted by Crippen LogP contribution is 2.36. The molecule has 40 heteroatoms. The molecule has 1 aliphatic heterocycles. The summed E-state index contributed by atoms with van der Waals surface area (Å²) >= 11 is 6.12. The molecule has 21 aromatic rings. The third-order valence-corrected chi connectivity index (χ3v) is 23.6. The second-order valence-electron chi connectivity index (χ2n) is 29.6. The molecule has 658 valence electrons. The minimum absolute atomic E-state index is 0.131. The number of amides is 1. The Morgan fingerprint density at radius 2 is 1.36 bits per heavy atom. The highest BCUT2D eigenvalue weighted by molar-refractivity contribution is 7.16. The molecule has 14 aromatic heterocycles. The van der Waals surface area contributed by atoms with E-state index in [1.54, 1.807) is 88.6 Å². The lowest BCUT2D eigenvalue weighted by Gasteiger charge is -2.33. The van der Waals surface area contributed by atoms with Crippen LogP contribution < -0.4 is 51.3 Å². The average Bonchev–Trinajstić information content (AvgIpc) is 1.01. The number of nitrogens with one attached hydrogen (secondary N) is 8. The lowest BCUT2D eigenvalue weighted by Crippen LogP contribution is -2.45. The number of oxazole rings is 1. The predicted octanol–water partition coefficient (Wildman–Crippen LogP) is 19.0. The first-order valence-electron chi connectivity index (χ1n) is 41.6. The zero-order valence-corrected chi connectivity index (χ0v) is 74.7. The van der Waals surface area contributed by atoms with E-state index in [0.717, 1.165) is 161 Å². The zero-order valence-electron chi connectivity index (χ0n) is 71.5. The fourth-order valence-electron chi connectivity index (χ4n) is 13.9. The van der Waals surface area contributed by atoms with Crippen molar-refractivity contribution in [3.8, 4) is 23.1 Å². The Morgan fingerprint density at radius 3 is 2.12 bits per heavy atom. The van der Waals surface area contributed by atoms with Crippen molar-refractivity contribution < 1.29 is 18.4 Å². The van der Waals surface area contributed by atoms with Crippen molar-refractivity contribution in [1.29, 1.82) is 0 Å². The van der Waals surface area contributed by atoms with E-state index in [9.17, 15) is 4.79 Å². The maximum absolute atomic E-state index is 11.1. The minimum atomic E-state index is -0.131. The Kier molecular flexibility index (Phi) is 26.9. The summed E-state index contributed by atoms with van der Waals surface area (Å²) in [5.74, 6) is 8.07. The van der Waals surface area contributed by atoms with Crippen LogP contribution in [0.25, 0.3) is 76.2 Å². The second-order valence-corrected chi connectivity index (χ2v) is 33.1. The number of aryl methyl sites for hydroxylation is 1. The fourth-order valence-corrected chi connectivity index (χ4v) is 16.3. The molecular formula is C92H82N32O4S4. The molecule has 0 bridgehead atoms. The third kappa shape index (κ3) is 21.7. The van der Waals surface area contributed by atoms with E-state index in [1.165, 1.54) is 36.6 Å². The van der Waals surface area contributed by atoms with E-state index >= 15 is 0 Å². The van der Waals surface area contributed by atoms with Crippen LogP contribution in [0.1, 0.15) is 36.5 Å². The lowest BCUT2D eigenvalue weighted by molar-refractivity contribution is -0.114. The number of H-pyrrole nitrogens is 2. The van der Waals surface area contributed by atoms with Gasteiger partial charge in [0.1, 0.15) is 61.7 Å². The molecule has 15 heterocycles. The van der Waals surface area contributed by atoms with Crippen LogP contribution >= 0.6 is 45.3 Å². The number of aromatic amines is 2. The fraction of sp³-hybridized carbons (Fsp3) is 0.141. The van der Waals surface area contributed by atoms with Crippen LogP contribution in [0.15, 0.2) is 269 Å². The number of piperazine rings is 1. The number of thiazole rings is 3. The van der Waals surface area contributed by atoms with Gasteiger partial charge in [0, 0.05) is 117 Å². The summed E-state index contributed by atoms with van der Waals surface area (Å²) in [6.07, 6.45) is 14.7. The Bertz CT molecular complexity index is 7370. The number of rotatable bonds is 24. The maximum Gasteiger partial charge on any atom is 0.324 e. The number of carbonyl (C=O) groups excluding carboxylic acids is 1. The van der Waals surface area contributed by atoms with Crippen molar-refractivity contribution in [3.63, 3.8) is 0 Å². The molecule has 132 heavy (non-hydrogen) atoms. The average molecular weight is 1830 g/mol. The molecule has 1 amide bonds. The number of nitrogens with zero attached hydrogens (tertiary/aromatic N) is 24. The van der Waals surface area contributed by atoms with E-state index in [4.69, 9.17) is 33.5 Å². The largest absolute Gasteiger partial charge is 0.428 e. The zero-order chi connectivity index (χ0) is 89.9. The van der Waals surface area contributed by atoms with Crippen LogP contribution in [-0.4, -0.2) is 175 Å². The molecule has 0 aliphatic carbocycles. The summed E-state index contributed by atoms with van der Waals surface area (Å²) in [7, 11) is 4.16. The number of hydrogen-bond donors (Lipinski definition) is 8. The Hall–Kier alpha value is -16.4. The molecule has 0 spiro atoms. The summed E-state index contributed by atoms with van der Waals surface area (Å²) in [4.78, 5) is 90.8. The van der Waals surface area contributed by atoms with Crippen LogP contribution in [0.5, 0.6) is 11.8 Å². The number of benzene rings is 7.